The van der Waals surface area contributed by atoms with Gasteiger partial charge in [-0.1, -0.05) is 25.9 Å². The van der Waals surface area contributed by atoms with Crippen LogP contribution in [0.4, 0.5) is 0 Å². The van der Waals surface area contributed by atoms with Crippen LogP contribution in [0.15, 0.2) is 21.8 Å². The first-order valence-electron chi connectivity index (χ1n) is 9.11. The normalized spacial score (nSPS) is 16.9. The van der Waals surface area contributed by atoms with Crippen molar-refractivity contribution in [3.8, 4) is 0 Å². The van der Waals surface area contributed by atoms with Gasteiger partial charge in [-0.25, -0.2) is 8.42 Å². The van der Waals surface area contributed by atoms with Crippen molar-refractivity contribution in [1.29, 1.82) is 0 Å². The summed E-state index contributed by atoms with van der Waals surface area (Å²) in [6.45, 7) is 12.3. The van der Waals surface area contributed by atoms with Crippen LogP contribution in [0.3, 0.4) is 0 Å². The van der Waals surface area contributed by atoms with Crippen LogP contribution < -0.4 is 5.32 Å². The number of aromatic nitrogens is 1. The lowest BCUT2D eigenvalue weighted by Crippen LogP contribution is -2.54. The minimum Gasteiger partial charge on any atom is -0.364 e. The summed E-state index contributed by atoms with van der Waals surface area (Å²) in [6.07, 6.45) is 2.40. The van der Waals surface area contributed by atoms with Crippen molar-refractivity contribution in [2.24, 2.45) is 10.4 Å². The van der Waals surface area contributed by atoms with E-state index in [0.717, 1.165) is 25.5 Å². The lowest BCUT2D eigenvalue weighted by atomic mass is 9.92. The van der Waals surface area contributed by atoms with Gasteiger partial charge >= 0.3 is 0 Å². The highest BCUT2D eigenvalue weighted by Gasteiger charge is 2.29. The minimum atomic E-state index is -3.38. The second-order valence-corrected chi connectivity index (χ2v) is 9.65. The molecule has 1 saturated heterocycles. The number of nitrogens with zero attached hydrogens (tertiary/aromatic N) is 4. The van der Waals surface area contributed by atoms with Crippen molar-refractivity contribution in [2.75, 3.05) is 39.3 Å². The Bertz CT molecular complexity index is 678. The SMILES string of the molecule is CCNC(=NCCC(C)(C)C)N1CCN(S(=O)(=O)Cc2ccon2)CC1.I. The molecule has 0 spiro atoms. The van der Waals surface area contributed by atoms with Gasteiger partial charge in [-0.15, -0.1) is 24.0 Å². The van der Waals surface area contributed by atoms with Gasteiger partial charge in [0.25, 0.3) is 0 Å². The summed E-state index contributed by atoms with van der Waals surface area (Å²) >= 11 is 0. The summed E-state index contributed by atoms with van der Waals surface area (Å²) in [5.74, 6) is 0.744. The lowest BCUT2D eigenvalue weighted by molar-refractivity contribution is 0.259. The Hall–Kier alpha value is -0.880. The maximum atomic E-state index is 12.5. The van der Waals surface area contributed by atoms with Gasteiger partial charge in [0.1, 0.15) is 12.0 Å². The van der Waals surface area contributed by atoms with Gasteiger partial charge < -0.3 is 14.7 Å². The fourth-order valence-electron chi connectivity index (χ4n) is 2.69. The van der Waals surface area contributed by atoms with E-state index in [4.69, 9.17) is 9.52 Å². The summed E-state index contributed by atoms with van der Waals surface area (Å²) in [4.78, 5) is 6.84. The zero-order chi connectivity index (χ0) is 19.2. The Labute approximate surface area is 179 Å². The second-order valence-electron chi connectivity index (χ2n) is 7.68. The van der Waals surface area contributed by atoms with Crippen molar-refractivity contribution in [3.63, 3.8) is 0 Å². The fraction of sp³-hybridized carbons (Fsp3) is 0.765. The lowest BCUT2D eigenvalue weighted by Gasteiger charge is -2.35. The average Bonchev–Trinajstić information content (AvgIpc) is 3.05. The van der Waals surface area contributed by atoms with E-state index in [1.165, 1.54) is 10.6 Å². The largest absolute Gasteiger partial charge is 0.364 e. The molecule has 1 fully saturated rings. The Morgan fingerprint density at radius 3 is 2.48 bits per heavy atom. The Morgan fingerprint density at radius 2 is 1.96 bits per heavy atom. The number of rotatable bonds is 6. The quantitative estimate of drug-likeness (QED) is 0.356. The Morgan fingerprint density at radius 1 is 1.30 bits per heavy atom. The minimum absolute atomic E-state index is 0. The molecule has 0 aliphatic carbocycles. The van der Waals surface area contributed by atoms with Crippen LogP contribution in [-0.2, 0) is 15.8 Å². The third kappa shape index (κ3) is 7.94. The molecular weight excluding hydrogens is 481 g/mol. The first kappa shape index (κ1) is 24.2. The molecule has 0 amide bonds. The molecule has 0 radical (unpaired) electrons. The van der Waals surface area contributed by atoms with Crippen molar-refractivity contribution >= 4 is 40.0 Å². The van der Waals surface area contributed by atoms with Crippen molar-refractivity contribution in [2.45, 2.75) is 39.9 Å². The summed E-state index contributed by atoms with van der Waals surface area (Å²) in [5, 5.41) is 7.01. The molecule has 0 saturated carbocycles. The van der Waals surface area contributed by atoms with Crippen LogP contribution in [0.25, 0.3) is 0 Å². The van der Waals surface area contributed by atoms with Gasteiger partial charge in [0.2, 0.25) is 10.0 Å². The molecule has 0 atom stereocenters. The van der Waals surface area contributed by atoms with E-state index in [0.29, 0.717) is 31.9 Å². The number of aliphatic imine (C=N–C) groups is 1. The van der Waals surface area contributed by atoms with Crippen LogP contribution in [-0.4, -0.2) is 68.0 Å². The van der Waals surface area contributed by atoms with E-state index in [9.17, 15) is 8.42 Å². The monoisotopic (exact) mass is 513 g/mol. The molecule has 1 aliphatic heterocycles. The molecule has 0 bridgehead atoms. The molecule has 2 heterocycles. The summed E-state index contributed by atoms with van der Waals surface area (Å²) in [7, 11) is -3.38. The average molecular weight is 513 g/mol. The number of guanidine groups is 1. The van der Waals surface area contributed by atoms with Gasteiger partial charge in [0, 0.05) is 45.3 Å². The second kappa shape index (κ2) is 10.6. The third-order valence-electron chi connectivity index (χ3n) is 4.21. The van der Waals surface area contributed by atoms with Gasteiger partial charge in [0.15, 0.2) is 5.96 Å². The number of nitrogens with one attached hydrogen (secondary N) is 1. The number of halogens is 1. The van der Waals surface area contributed by atoms with Crippen LogP contribution >= 0.6 is 24.0 Å². The molecule has 1 aromatic heterocycles. The van der Waals surface area contributed by atoms with Gasteiger partial charge in [-0.3, -0.25) is 4.99 Å². The van der Waals surface area contributed by atoms with E-state index in [2.05, 4.69) is 36.1 Å². The van der Waals surface area contributed by atoms with Crippen molar-refractivity contribution in [1.82, 2.24) is 19.7 Å². The zero-order valence-corrected chi connectivity index (χ0v) is 19.8. The molecule has 2 rings (SSSR count). The Kier molecular flexibility index (Phi) is 9.49. The molecule has 1 aliphatic rings. The van der Waals surface area contributed by atoms with E-state index in [1.807, 2.05) is 6.92 Å². The van der Waals surface area contributed by atoms with E-state index in [1.54, 1.807) is 6.07 Å². The summed E-state index contributed by atoms with van der Waals surface area (Å²) < 4.78 is 31.3. The molecule has 10 heteroatoms. The first-order chi connectivity index (χ1) is 12.2. The molecule has 0 unspecified atom stereocenters. The van der Waals surface area contributed by atoms with Gasteiger partial charge in [0.05, 0.1) is 5.69 Å². The summed E-state index contributed by atoms with van der Waals surface area (Å²) in [5.41, 5.74) is 0.679. The van der Waals surface area contributed by atoms with E-state index < -0.39 is 10.0 Å². The molecule has 8 nitrogen and oxygen atoms in total. The highest BCUT2D eigenvalue weighted by atomic mass is 127. The molecule has 0 aromatic carbocycles. The standard InChI is InChI=1S/C17H31N5O3S.HI/c1-5-18-16(19-8-7-17(2,3)4)21-9-11-22(12-10-21)26(23,24)14-15-6-13-25-20-15;/h6,13H,5,7-12,14H2,1-4H3,(H,18,19);1H. The Balaban J connectivity index is 0.00000364. The summed E-state index contributed by atoms with van der Waals surface area (Å²) in [6, 6.07) is 1.58. The maximum Gasteiger partial charge on any atom is 0.220 e. The highest BCUT2D eigenvalue weighted by molar-refractivity contribution is 14.0. The topological polar surface area (TPSA) is 91.0 Å². The number of hydrogen-bond acceptors (Lipinski definition) is 5. The molecule has 156 valence electrons. The van der Waals surface area contributed by atoms with Crippen LogP contribution in [0.1, 0.15) is 39.8 Å². The van der Waals surface area contributed by atoms with E-state index >= 15 is 0 Å². The highest BCUT2D eigenvalue weighted by Crippen LogP contribution is 2.18. The van der Waals surface area contributed by atoms with Crippen LogP contribution in [0.5, 0.6) is 0 Å². The molecule has 27 heavy (non-hydrogen) atoms. The van der Waals surface area contributed by atoms with Crippen LogP contribution in [0.2, 0.25) is 0 Å². The van der Waals surface area contributed by atoms with Crippen molar-refractivity contribution in [3.05, 3.63) is 18.0 Å². The molecule has 1 N–H and O–H groups in total. The first-order valence-corrected chi connectivity index (χ1v) is 10.7. The van der Waals surface area contributed by atoms with E-state index in [-0.39, 0.29) is 35.1 Å². The van der Waals surface area contributed by atoms with Gasteiger partial charge in [-0.2, -0.15) is 4.31 Å². The number of sulfonamides is 1. The zero-order valence-electron chi connectivity index (χ0n) is 16.6. The molecule has 1 aromatic rings. The predicted octanol–water partition coefficient (Wildman–Crippen LogP) is 2.14. The van der Waals surface area contributed by atoms with Crippen molar-refractivity contribution < 1.29 is 12.9 Å². The molecular formula is C17H32IN5O3S. The smallest absolute Gasteiger partial charge is 0.220 e. The number of piperazine rings is 1. The maximum absolute atomic E-state index is 12.5. The van der Waals surface area contributed by atoms with Gasteiger partial charge in [-0.05, 0) is 18.8 Å². The third-order valence-corrected chi connectivity index (χ3v) is 6.02. The predicted molar refractivity (Wildman–Crippen MR) is 118 cm³/mol. The fourth-order valence-corrected chi connectivity index (χ4v) is 4.12. The number of hydrogen-bond donors (Lipinski definition) is 1. The van der Waals surface area contributed by atoms with Crippen LogP contribution in [0, 0.1) is 5.41 Å².